The van der Waals surface area contributed by atoms with Gasteiger partial charge < -0.3 is 20.0 Å². The van der Waals surface area contributed by atoms with Crippen molar-refractivity contribution in [3.63, 3.8) is 0 Å². The number of rotatable bonds is 9. The summed E-state index contributed by atoms with van der Waals surface area (Å²) in [5, 5.41) is 18.4. The predicted octanol–water partition coefficient (Wildman–Crippen LogP) is 1.79. The van der Waals surface area contributed by atoms with Crippen LogP contribution < -0.4 is 0 Å². The van der Waals surface area contributed by atoms with E-state index in [-0.39, 0.29) is 23.7 Å². The number of carboxylic acids is 2. The largest absolute Gasteiger partial charge is 0.480 e. The second-order valence-electron chi connectivity index (χ2n) is 7.43. The smallest absolute Gasteiger partial charge is 0.326 e. The normalized spacial score (nSPS) is 24.2. The summed E-state index contributed by atoms with van der Waals surface area (Å²) >= 11 is 0. The van der Waals surface area contributed by atoms with Gasteiger partial charge in [-0.3, -0.25) is 9.59 Å². The van der Waals surface area contributed by atoms with Crippen LogP contribution in [-0.4, -0.2) is 80.4 Å². The molecule has 0 aromatic heterocycles. The third kappa shape index (κ3) is 5.56. The summed E-state index contributed by atoms with van der Waals surface area (Å²) in [6.45, 7) is 4.57. The monoisotopic (exact) mass is 432 g/mol. The van der Waals surface area contributed by atoms with Gasteiger partial charge in [-0.1, -0.05) is 35.4 Å². The van der Waals surface area contributed by atoms with Gasteiger partial charge in [0, 0.05) is 36.4 Å². The summed E-state index contributed by atoms with van der Waals surface area (Å²) in [4.78, 5) is 50.4. The molecule has 2 aliphatic heterocycles. The molecular formula is C18H28N2O6S2. The number of aliphatic carboxylic acids is 2. The Morgan fingerprint density at radius 3 is 1.50 bits per heavy atom. The maximum atomic E-state index is 12.5. The number of hydrogen-bond donors (Lipinski definition) is 2. The summed E-state index contributed by atoms with van der Waals surface area (Å²) in [5.41, 5.74) is 0. The molecule has 0 aliphatic carbocycles. The van der Waals surface area contributed by atoms with Crippen LogP contribution in [0.1, 0.15) is 39.5 Å². The second-order valence-corrected chi connectivity index (χ2v) is 9.98. The fourth-order valence-corrected chi connectivity index (χ4v) is 6.27. The fraction of sp³-hybridized carbons (Fsp3) is 0.778. The van der Waals surface area contributed by atoms with Gasteiger partial charge in [0.2, 0.25) is 11.8 Å². The molecule has 0 radical (unpaired) electrons. The van der Waals surface area contributed by atoms with Gasteiger partial charge in [0.25, 0.3) is 0 Å². The van der Waals surface area contributed by atoms with Crippen LogP contribution in [-0.2, 0) is 19.2 Å². The molecule has 0 aromatic carbocycles. The van der Waals surface area contributed by atoms with Crippen molar-refractivity contribution in [3.8, 4) is 0 Å². The van der Waals surface area contributed by atoms with Crippen molar-refractivity contribution in [1.29, 1.82) is 0 Å². The first-order valence-corrected chi connectivity index (χ1v) is 12.0. The van der Waals surface area contributed by atoms with E-state index in [1.807, 2.05) is 0 Å². The fourth-order valence-electron chi connectivity index (χ4n) is 3.58. The topological polar surface area (TPSA) is 115 Å². The molecule has 2 rings (SSSR count). The number of carbonyl (C=O) groups is 4. The van der Waals surface area contributed by atoms with Crippen LogP contribution >= 0.6 is 21.6 Å². The van der Waals surface area contributed by atoms with Crippen molar-refractivity contribution in [3.05, 3.63) is 0 Å². The van der Waals surface area contributed by atoms with E-state index in [2.05, 4.69) is 0 Å². The van der Waals surface area contributed by atoms with E-state index in [0.717, 1.165) is 0 Å². The van der Waals surface area contributed by atoms with Crippen LogP contribution in [0, 0.1) is 11.8 Å². The molecule has 2 amide bonds. The van der Waals surface area contributed by atoms with Crippen LogP contribution in [0.2, 0.25) is 0 Å². The Kier molecular flexibility index (Phi) is 8.48. The van der Waals surface area contributed by atoms with Crippen LogP contribution in [0.5, 0.6) is 0 Å². The number of amides is 2. The Hall–Kier alpha value is -1.42. The van der Waals surface area contributed by atoms with Crippen LogP contribution in [0.15, 0.2) is 0 Å². The van der Waals surface area contributed by atoms with Gasteiger partial charge in [-0.25, -0.2) is 9.59 Å². The van der Waals surface area contributed by atoms with Gasteiger partial charge in [0.05, 0.1) is 0 Å². The Morgan fingerprint density at radius 1 is 0.821 bits per heavy atom. The van der Waals surface area contributed by atoms with Gasteiger partial charge in [0.15, 0.2) is 0 Å². The predicted molar refractivity (Wildman–Crippen MR) is 108 cm³/mol. The van der Waals surface area contributed by atoms with E-state index in [0.29, 0.717) is 50.3 Å². The highest BCUT2D eigenvalue weighted by atomic mass is 33.1. The molecule has 158 valence electrons. The Labute approximate surface area is 172 Å². The van der Waals surface area contributed by atoms with Crippen molar-refractivity contribution in [2.75, 3.05) is 24.6 Å². The lowest BCUT2D eigenvalue weighted by Gasteiger charge is -2.25. The highest BCUT2D eigenvalue weighted by Gasteiger charge is 2.37. The molecule has 2 saturated heterocycles. The Morgan fingerprint density at radius 2 is 1.18 bits per heavy atom. The summed E-state index contributed by atoms with van der Waals surface area (Å²) in [7, 11) is 2.98. The van der Waals surface area contributed by atoms with Crippen molar-refractivity contribution >= 4 is 45.3 Å². The minimum absolute atomic E-state index is 0.136. The maximum absolute atomic E-state index is 12.5. The minimum atomic E-state index is -0.950. The van der Waals surface area contributed by atoms with E-state index in [9.17, 15) is 29.4 Å². The summed E-state index contributed by atoms with van der Waals surface area (Å²) in [5.74, 6) is -1.68. The molecule has 10 heteroatoms. The summed E-state index contributed by atoms with van der Waals surface area (Å²) in [6, 6.07) is -1.43. The van der Waals surface area contributed by atoms with Crippen molar-refractivity contribution in [2.24, 2.45) is 11.8 Å². The lowest BCUT2D eigenvalue weighted by atomic mass is 10.1. The highest BCUT2D eigenvalue weighted by molar-refractivity contribution is 8.76. The quantitative estimate of drug-likeness (QED) is 0.419. The summed E-state index contributed by atoms with van der Waals surface area (Å²) in [6.07, 6.45) is 2.43. The molecule has 2 N–H and O–H groups in total. The molecule has 28 heavy (non-hydrogen) atoms. The molecule has 0 aromatic rings. The van der Waals surface area contributed by atoms with Crippen molar-refractivity contribution < 1.29 is 29.4 Å². The van der Waals surface area contributed by atoms with Crippen LogP contribution in [0.25, 0.3) is 0 Å². The van der Waals surface area contributed by atoms with E-state index in [1.165, 1.54) is 31.4 Å². The second kappa shape index (κ2) is 10.4. The zero-order chi connectivity index (χ0) is 20.8. The average molecular weight is 433 g/mol. The van der Waals surface area contributed by atoms with Gasteiger partial charge in [-0.15, -0.1) is 0 Å². The minimum Gasteiger partial charge on any atom is -0.480 e. The Balaban J connectivity index is 1.73. The molecule has 2 fully saturated rings. The lowest BCUT2D eigenvalue weighted by Crippen LogP contribution is -2.43. The number of nitrogens with zero attached hydrogens (tertiary/aromatic N) is 2. The van der Waals surface area contributed by atoms with Crippen LogP contribution in [0.3, 0.4) is 0 Å². The molecule has 8 nitrogen and oxygen atoms in total. The van der Waals surface area contributed by atoms with Gasteiger partial charge in [-0.05, 0) is 25.7 Å². The summed E-state index contributed by atoms with van der Waals surface area (Å²) < 4.78 is 0. The van der Waals surface area contributed by atoms with Crippen molar-refractivity contribution in [1.82, 2.24) is 9.80 Å². The van der Waals surface area contributed by atoms with E-state index < -0.39 is 24.0 Å². The molecule has 2 aliphatic rings. The van der Waals surface area contributed by atoms with Gasteiger partial charge in [-0.2, -0.15) is 0 Å². The van der Waals surface area contributed by atoms with E-state index in [4.69, 9.17) is 0 Å². The Bertz CT molecular complexity index is 565. The first-order valence-electron chi connectivity index (χ1n) is 9.55. The first-order chi connectivity index (χ1) is 13.2. The number of likely N-dealkylation sites (tertiary alicyclic amines) is 2. The van der Waals surface area contributed by atoms with Crippen molar-refractivity contribution in [2.45, 2.75) is 51.6 Å². The number of hydrogen-bond acceptors (Lipinski definition) is 6. The number of carboxylic acid groups (broad SMARTS) is 2. The zero-order valence-corrected chi connectivity index (χ0v) is 17.8. The van der Waals surface area contributed by atoms with Crippen LogP contribution in [0.4, 0.5) is 0 Å². The molecule has 0 saturated carbocycles. The molecule has 0 spiro atoms. The first kappa shape index (κ1) is 22.9. The van der Waals surface area contributed by atoms with Gasteiger partial charge >= 0.3 is 11.9 Å². The maximum Gasteiger partial charge on any atom is 0.326 e. The molecule has 4 atom stereocenters. The molecule has 2 unspecified atom stereocenters. The van der Waals surface area contributed by atoms with E-state index in [1.54, 1.807) is 13.8 Å². The molecular weight excluding hydrogens is 404 g/mol. The SMILES string of the molecule is CC(CSSCC(C)C(=O)N1CCC[C@@H]1C(=O)O)C(=O)N1CCC[C@@H]1C(=O)O. The third-order valence-electron chi connectivity index (χ3n) is 5.20. The average Bonchev–Trinajstić information content (AvgIpc) is 3.32. The zero-order valence-electron chi connectivity index (χ0n) is 16.2. The lowest BCUT2D eigenvalue weighted by molar-refractivity contribution is -0.149. The highest BCUT2D eigenvalue weighted by Crippen LogP contribution is 2.30. The van der Waals surface area contributed by atoms with Gasteiger partial charge in [0.1, 0.15) is 12.1 Å². The number of carbonyl (C=O) groups excluding carboxylic acids is 2. The molecule has 2 heterocycles. The molecule has 0 bridgehead atoms. The third-order valence-corrected chi connectivity index (χ3v) is 7.96. The standard InChI is InChI=1S/C18H28N2O6S2/c1-11(15(21)19-7-3-5-13(19)17(23)24)9-27-28-10-12(2)16(22)20-8-4-6-14(20)18(25)26/h11-14H,3-10H2,1-2H3,(H,23,24)(H,25,26)/t11?,12?,13-,14-/m1/s1. The van der Waals surface area contributed by atoms with E-state index >= 15 is 0 Å².